The van der Waals surface area contributed by atoms with E-state index in [0.717, 1.165) is 27.6 Å². The molecule has 26 heavy (non-hydrogen) atoms. The van der Waals surface area contributed by atoms with E-state index < -0.39 is 6.10 Å². The van der Waals surface area contributed by atoms with Crippen LogP contribution in [0.2, 0.25) is 0 Å². The van der Waals surface area contributed by atoms with Crippen LogP contribution in [-0.2, 0) is 0 Å². The maximum atomic E-state index is 12.4. The van der Waals surface area contributed by atoms with Gasteiger partial charge in [-0.1, -0.05) is 37.8 Å². The molecule has 0 bridgehead atoms. The van der Waals surface area contributed by atoms with Crippen molar-refractivity contribution in [1.82, 2.24) is 0 Å². The van der Waals surface area contributed by atoms with Gasteiger partial charge in [-0.05, 0) is 32.4 Å². The lowest BCUT2D eigenvalue weighted by Crippen LogP contribution is -2.13. The average Bonchev–Trinajstić information content (AvgIpc) is 2.96. The highest BCUT2D eigenvalue weighted by Gasteiger charge is 2.34. The standard InChI is InChI=1S/C22H21NO3/c1-6-8-9-15(7-2)19-13(4)22(24)26-21-14(5)20-16(10-17(19)21)12(3)18(11-23)25-20/h6-10,12,18H,2H2,1,3-5H3/b8-6-,15-9+. The molecular weight excluding hydrogens is 326 g/mol. The van der Waals surface area contributed by atoms with Gasteiger partial charge in [-0.3, -0.25) is 0 Å². The van der Waals surface area contributed by atoms with E-state index in [0.29, 0.717) is 16.9 Å². The number of ether oxygens (including phenoxy) is 1. The molecule has 2 unspecified atom stereocenters. The smallest absolute Gasteiger partial charge is 0.339 e. The van der Waals surface area contributed by atoms with Gasteiger partial charge < -0.3 is 9.15 Å². The summed E-state index contributed by atoms with van der Waals surface area (Å²) in [6, 6.07) is 4.17. The quantitative estimate of drug-likeness (QED) is 0.582. The zero-order chi connectivity index (χ0) is 19.0. The summed E-state index contributed by atoms with van der Waals surface area (Å²) in [5, 5.41) is 10.2. The summed E-state index contributed by atoms with van der Waals surface area (Å²) in [4.78, 5) is 12.4. The lowest BCUT2D eigenvalue weighted by molar-refractivity contribution is 0.267. The molecule has 2 aromatic rings. The molecule has 4 nitrogen and oxygen atoms in total. The monoisotopic (exact) mass is 347 g/mol. The van der Waals surface area contributed by atoms with Gasteiger partial charge in [0.25, 0.3) is 0 Å². The van der Waals surface area contributed by atoms with Crippen molar-refractivity contribution in [3.05, 3.63) is 69.6 Å². The van der Waals surface area contributed by atoms with Crippen LogP contribution in [0.5, 0.6) is 5.75 Å². The summed E-state index contributed by atoms with van der Waals surface area (Å²) in [5.74, 6) is 0.594. The first-order valence-corrected chi connectivity index (χ1v) is 8.57. The topological polar surface area (TPSA) is 63.2 Å². The van der Waals surface area contributed by atoms with Crippen LogP contribution in [0.3, 0.4) is 0 Å². The first-order valence-electron chi connectivity index (χ1n) is 8.57. The number of benzene rings is 1. The van der Waals surface area contributed by atoms with Crippen LogP contribution in [0, 0.1) is 25.2 Å². The Morgan fingerprint density at radius 1 is 1.35 bits per heavy atom. The second kappa shape index (κ2) is 6.68. The fourth-order valence-corrected chi connectivity index (χ4v) is 3.45. The Kier molecular flexibility index (Phi) is 4.56. The summed E-state index contributed by atoms with van der Waals surface area (Å²) in [5.41, 5.74) is 4.01. The van der Waals surface area contributed by atoms with E-state index in [2.05, 4.69) is 12.6 Å². The fourth-order valence-electron chi connectivity index (χ4n) is 3.45. The highest BCUT2D eigenvalue weighted by atomic mass is 16.5. The maximum absolute atomic E-state index is 12.4. The lowest BCUT2D eigenvalue weighted by Gasteiger charge is -2.14. The minimum absolute atomic E-state index is 0.0510. The van der Waals surface area contributed by atoms with Gasteiger partial charge in [0.15, 0.2) is 6.10 Å². The normalized spacial score (nSPS) is 19.4. The molecule has 2 heterocycles. The predicted octanol–water partition coefficient (Wildman–Crippen LogP) is 4.94. The van der Waals surface area contributed by atoms with Crippen LogP contribution in [-0.4, -0.2) is 6.10 Å². The minimum atomic E-state index is -0.533. The van der Waals surface area contributed by atoms with Crippen LogP contribution in [0.1, 0.15) is 42.0 Å². The number of allylic oxidation sites excluding steroid dienone is 5. The first kappa shape index (κ1) is 17.8. The first-order chi connectivity index (χ1) is 12.4. The second-order valence-electron chi connectivity index (χ2n) is 6.49. The highest BCUT2D eigenvalue weighted by molar-refractivity contribution is 5.97. The Hall–Kier alpha value is -3.06. The van der Waals surface area contributed by atoms with E-state index in [4.69, 9.17) is 9.15 Å². The number of aryl methyl sites for hydroxylation is 1. The van der Waals surface area contributed by atoms with E-state index in [1.807, 2.05) is 45.1 Å². The lowest BCUT2D eigenvalue weighted by atomic mass is 9.90. The number of rotatable bonds is 3. The average molecular weight is 347 g/mol. The van der Waals surface area contributed by atoms with E-state index in [9.17, 15) is 10.1 Å². The van der Waals surface area contributed by atoms with Crippen molar-refractivity contribution in [2.24, 2.45) is 0 Å². The van der Waals surface area contributed by atoms with Gasteiger partial charge in [0, 0.05) is 33.6 Å². The summed E-state index contributed by atoms with van der Waals surface area (Å²) in [6.45, 7) is 11.4. The molecule has 132 valence electrons. The van der Waals surface area contributed by atoms with Gasteiger partial charge in [-0.15, -0.1) is 0 Å². The van der Waals surface area contributed by atoms with Gasteiger partial charge >= 0.3 is 5.63 Å². The summed E-state index contributed by atoms with van der Waals surface area (Å²) in [6.07, 6.45) is 6.96. The van der Waals surface area contributed by atoms with E-state index >= 15 is 0 Å². The molecule has 0 aliphatic carbocycles. The molecule has 1 aliphatic rings. The molecule has 1 aromatic carbocycles. The van der Waals surface area contributed by atoms with E-state index in [1.165, 1.54) is 0 Å². The Labute approximate surface area is 152 Å². The van der Waals surface area contributed by atoms with Gasteiger partial charge in [-0.25, -0.2) is 4.79 Å². The Bertz CT molecular complexity index is 1060. The van der Waals surface area contributed by atoms with Crippen molar-refractivity contribution < 1.29 is 9.15 Å². The fraction of sp³-hybridized carbons (Fsp3) is 0.273. The van der Waals surface area contributed by atoms with Crippen molar-refractivity contribution in [2.45, 2.75) is 39.7 Å². The molecule has 0 fully saturated rings. The van der Waals surface area contributed by atoms with Gasteiger partial charge in [0.1, 0.15) is 17.4 Å². The number of fused-ring (bicyclic) bond motifs is 2. The van der Waals surface area contributed by atoms with Crippen LogP contribution in [0.15, 0.2) is 46.2 Å². The second-order valence-corrected chi connectivity index (χ2v) is 6.49. The predicted molar refractivity (Wildman–Crippen MR) is 103 cm³/mol. The molecule has 0 spiro atoms. The van der Waals surface area contributed by atoms with Crippen molar-refractivity contribution in [1.29, 1.82) is 5.26 Å². The largest absolute Gasteiger partial charge is 0.474 e. The molecule has 2 atom stereocenters. The Morgan fingerprint density at radius 2 is 2.08 bits per heavy atom. The molecule has 4 heteroatoms. The molecule has 0 amide bonds. The Balaban J connectivity index is 2.44. The number of hydrogen-bond donors (Lipinski definition) is 0. The van der Waals surface area contributed by atoms with Crippen LogP contribution in [0.4, 0.5) is 0 Å². The maximum Gasteiger partial charge on any atom is 0.339 e. The van der Waals surface area contributed by atoms with Crippen LogP contribution in [0.25, 0.3) is 16.5 Å². The molecule has 3 rings (SSSR count). The van der Waals surface area contributed by atoms with Gasteiger partial charge in [0.05, 0.1) is 0 Å². The van der Waals surface area contributed by atoms with E-state index in [-0.39, 0.29) is 11.5 Å². The number of nitriles is 1. The molecule has 0 N–H and O–H groups in total. The van der Waals surface area contributed by atoms with Crippen molar-refractivity contribution in [2.75, 3.05) is 0 Å². The van der Waals surface area contributed by atoms with Gasteiger partial charge in [-0.2, -0.15) is 5.26 Å². The van der Waals surface area contributed by atoms with Gasteiger partial charge in [0.2, 0.25) is 0 Å². The van der Waals surface area contributed by atoms with E-state index in [1.54, 1.807) is 13.0 Å². The van der Waals surface area contributed by atoms with Crippen molar-refractivity contribution in [3.8, 4) is 11.8 Å². The van der Waals surface area contributed by atoms with Crippen LogP contribution >= 0.6 is 0 Å². The molecule has 1 aromatic heterocycles. The molecule has 0 saturated carbocycles. The molecule has 0 radical (unpaired) electrons. The summed E-state index contributed by atoms with van der Waals surface area (Å²) in [7, 11) is 0. The van der Waals surface area contributed by atoms with Crippen molar-refractivity contribution >= 4 is 16.5 Å². The van der Waals surface area contributed by atoms with Crippen molar-refractivity contribution in [3.63, 3.8) is 0 Å². The highest BCUT2D eigenvalue weighted by Crippen LogP contribution is 2.44. The SMILES string of the molecule is C=C/C(=C\C=C/C)c1c(C)c(=O)oc2c(C)c3c(cc12)C(C)C(C#N)O3. The summed E-state index contributed by atoms with van der Waals surface area (Å²) >= 11 is 0. The minimum Gasteiger partial charge on any atom is -0.474 e. The Morgan fingerprint density at radius 3 is 2.69 bits per heavy atom. The molecule has 0 saturated heterocycles. The zero-order valence-corrected chi connectivity index (χ0v) is 15.4. The van der Waals surface area contributed by atoms with Crippen LogP contribution < -0.4 is 10.4 Å². The molecular formula is C22H21NO3. The number of nitrogens with zero attached hydrogens (tertiary/aromatic N) is 1. The third kappa shape index (κ3) is 2.57. The third-order valence-corrected chi connectivity index (χ3v) is 4.93. The third-order valence-electron chi connectivity index (χ3n) is 4.93. The zero-order valence-electron chi connectivity index (χ0n) is 15.4. The molecule has 1 aliphatic heterocycles. The summed E-state index contributed by atoms with van der Waals surface area (Å²) < 4.78 is 11.4. The number of hydrogen-bond acceptors (Lipinski definition) is 4.